The molecule has 0 radical (unpaired) electrons. The number of aromatic nitrogens is 2. The third-order valence-corrected chi connectivity index (χ3v) is 3.06. The molecule has 0 aliphatic heterocycles. The van der Waals surface area contributed by atoms with Gasteiger partial charge in [0.05, 0.1) is 17.1 Å². The number of halogens is 2. The van der Waals surface area contributed by atoms with Crippen LogP contribution in [0.4, 0.5) is 8.78 Å². The largest absolute Gasteiger partial charge is 0.319 e. The maximum absolute atomic E-state index is 13.7. The quantitative estimate of drug-likeness (QED) is 0.876. The highest BCUT2D eigenvalue weighted by atomic mass is 32.1. The molecule has 1 aromatic carbocycles. The molecule has 0 aliphatic carbocycles. The van der Waals surface area contributed by atoms with Gasteiger partial charge in [-0.1, -0.05) is 10.6 Å². The molecule has 2 rings (SSSR count). The Kier molecular flexibility index (Phi) is 2.93. The van der Waals surface area contributed by atoms with Crippen molar-refractivity contribution in [1.82, 2.24) is 9.59 Å². The lowest BCUT2D eigenvalue weighted by atomic mass is 10.0. The standard InChI is InChI=1S/C10H9F2N3S/c1-5-2-3-6(11)8(9(5)12)10(13)7-4-14-15-16-7/h2-4,10H,13H2,1H3. The van der Waals surface area contributed by atoms with Gasteiger partial charge in [-0.3, -0.25) is 0 Å². The van der Waals surface area contributed by atoms with Gasteiger partial charge in [-0.05, 0) is 30.1 Å². The van der Waals surface area contributed by atoms with Crippen LogP contribution in [0.15, 0.2) is 18.3 Å². The van der Waals surface area contributed by atoms with Crippen LogP contribution in [0.3, 0.4) is 0 Å². The normalized spacial score (nSPS) is 12.8. The molecule has 16 heavy (non-hydrogen) atoms. The zero-order valence-electron chi connectivity index (χ0n) is 8.45. The highest BCUT2D eigenvalue weighted by Crippen LogP contribution is 2.27. The van der Waals surface area contributed by atoms with E-state index in [-0.39, 0.29) is 5.56 Å². The van der Waals surface area contributed by atoms with Gasteiger partial charge in [0.1, 0.15) is 11.6 Å². The number of nitrogens with two attached hydrogens (primary N) is 1. The molecule has 0 bridgehead atoms. The highest BCUT2D eigenvalue weighted by molar-refractivity contribution is 7.05. The Balaban J connectivity index is 2.52. The lowest BCUT2D eigenvalue weighted by Gasteiger charge is -2.12. The molecule has 84 valence electrons. The second kappa shape index (κ2) is 4.23. The second-order valence-corrected chi connectivity index (χ2v) is 4.21. The zero-order valence-corrected chi connectivity index (χ0v) is 9.26. The van der Waals surface area contributed by atoms with E-state index in [0.717, 1.165) is 11.5 Å². The predicted octanol–water partition coefficient (Wildman–Crippen LogP) is 2.17. The smallest absolute Gasteiger partial charge is 0.134 e. The lowest BCUT2D eigenvalue weighted by Crippen LogP contribution is -2.15. The van der Waals surface area contributed by atoms with Gasteiger partial charge in [0.25, 0.3) is 0 Å². The summed E-state index contributed by atoms with van der Waals surface area (Å²) in [7, 11) is 0. The molecule has 3 nitrogen and oxygen atoms in total. The Bertz CT molecular complexity index is 499. The topological polar surface area (TPSA) is 51.8 Å². The van der Waals surface area contributed by atoms with Gasteiger partial charge in [0.2, 0.25) is 0 Å². The van der Waals surface area contributed by atoms with E-state index in [1.807, 2.05) is 0 Å². The Hall–Kier alpha value is -1.40. The SMILES string of the molecule is Cc1ccc(F)c(C(N)c2cnns2)c1F. The summed E-state index contributed by atoms with van der Waals surface area (Å²) in [5.41, 5.74) is 6.01. The summed E-state index contributed by atoms with van der Waals surface area (Å²) in [6, 6.07) is 1.73. The third kappa shape index (κ3) is 1.81. The van der Waals surface area contributed by atoms with E-state index in [1.54, 1.807) is 6.92 Å². The Morgan fingerprint density at radius 2 is 2.12 bits per heavy atom. The minimum Gasteiger partial charge on any atom is -0.319 e. The van der Waals surface area contributed by atoms with E-state index in [1.165, 1.54) is 18.3 Å². The fourth-order valence-corrected chi connectivity index (χ4v) is 1.93. The minimum absolute atomic E-state index is 0.133. The molecule has 0 saturated heterocycles. The molecular weight excluding hydrogens is 232 g/mol. The number of benzene rings is 1. The number of hydrogen-bond donors (Lipinski definition) is 1. The molecular formula is C10H9F2N3S. The Morgan fingerprint density at radius 1 is 1.38 bits per heavy atom. The summed E-state index contributed by atoms with van der Waals surface area (Å²) in [6.45, 7) is 1.57. The Morgan fingerprint density at radius 3 is 2.75 bits per heavy atom. The molecule has 0 saturated carbocycles. The van der Waals surface area contributed by atoms with Crippen LogP contribution in [0.1, 0.15) is 22.0 Å². The molecule has 0 fully saturated rings. The summed E-state index contributed by atoms with van der Waals surface area (Å²) in [4.78, 5) is 0.531. The molecule has 1 unspecified atom stereocenters. The minimum atomic E-state index is -0.861. The average molecular weight is 241 g/mol. The van der Waals surface area contributed by atoms with E-state index in [4.69, 9.17) is 5.73 Å². The van der Waals surface area contributed by atoms with Gasteiger partial charge in [0.15, 0.2) is 0 Å². The predicted molar refractivity (Wildman–Crippen MR) is 57.0 cm³/mol. The van der Waals surface area contributed by atoms with Gasteiger partial charge in [-0.25, -0.2) is 8.78 Å². The first-order valence-electron chi connectivity index (χ1n) is 4.58. The van der Waals surface area contributed by atoms with Crippen LogP contribution in [0.5, 0.6) is 0 Å². The number of rotatable bonds is 2. The summed E-state index contributed by atoms with van der Waals surface area (Å²) < 4.78 is 30.9. The van der Waals surface area contributed by atoms with Crippen molar-refractivity contribution in [1.29, 1.82) is 0 Å². The van der Waals surface area contributed by atoms with E-state index >= 15 is 0 Å². The van der Waals surface area contributed by atoms with Gasteiger partial charge in [-0.2, -0.15) is 0 Å². The van der Waals surface area contributed by atoms with Crippen LogP contribution in [-0.4, -0.2) is 9.59 Å². The molecule has 1 atom stereocenters. The van der Waals surface area contributed by atoms with Crippen LogP contribution < -0.4 is 5.73 Å². The fraction of sp³-hybridized carbons (Fsp3) is 0.200. The van der Waals surface area contributed by atoms with Crippen molar-refractivity contribution < 1.29 is 8.78 Å². The van der Waals surface area contributed by atoms with Crippen molar-refractivity contribution in [3.8, 4) is 0 Å². The lowest BCUT2D eigenvalue weighted by molar-refractivity contribution is 0.539. The number of aryl methyl sites for hydroxylation is 1. The van der Waals surface area contributed by atoms with Crippen LogP contribution in [0, 0.1) is 18.6 Å². The third-order valence-electron chi connectivity index (χ3n) is 2.32. The van der Waals surface area contributed by atoms with Crippen molar-refractivity contribution in [2.24, 2.45) is 5.73 Å². The first kappa shape index (κ1) is 11.1. The molecule has 0 amide bonds. The first-order valence-corrected chi connectivity index (χ1v) is 5.36. The van der Waals surface area contributed by atoms with Crippen LogP contribution in [-0.2, 0) is 0 Å². The maximum atomic E-state index is 13.7. The summed E-state index contributed by atoms with van der Waals surface area (Å²) >= 11 is 1.03. The van der Waals surface area contributed by atoms with Gasteiger partial charge >= 0.3 is 0 Å². The van der Waals surface area contributed by atoms with E-state index in [0.29, 0.717) is 10.4 Å². The number of nitrogens with zero attached hydrogens (tertiary/aromatic N) is 2. The highest BCUT2D eigenvalue weighted by Gasteiger charge is 2.21. The van der Waals surface area contributed by atoms with Gasteiger partial charge < -0.3 is 5.73 Å². The van der Waals surface area contributed by atoms with Crippen molar-refractivity contribution >= 4 is 11.5 Å². The fourth-order valence-electron chi connectivity index (χ4n) is 1.42. The van der Waals surface area contributed by atoms with E-state index in [2.05, 4.69) is 9.59 Å². The van der Waals surface area contributed by atoms with E-state index in [9.17, 15) is 8.78 Å². The van der Waals surface area contributed by atoms with Crippen molar-refractivity contribution in [2.75, 3.05) is 0 Å². The van der Waals surface area contributed by atoms with Crippen molar-refractivity contribution in [3.05, 3.63) is 46.0 Å². The molecule has 0 aliphatic rings. The van der Waals surface area contributed by atoms with Crippen molar-refractivity contribution in [2.45, 2.75) is 13.0 Å². The molecule has 1 aromatic heterocycles. The monoisotopic (exact) mass is 241 g/mol. The number of hydrogen-bond acceptors (Lipinski definition) is 4. The molecule has 2 aromatic rings. The van der Waals surface area contributed by atoms with Crippen LogP contribution in [0.2, 0.25) is 0 Å². The van der Waals surface area contributed by atoms with Crippen LogP contribution in [0.25, 0.3) is 0 Å². The van der Waals surface area contributed by atoms with Crippen LogP contribution >= 0.6 is 11.5 Å². The summed E-state index contributed by atoms with van der Waals surface area (Å²) in [5, 5.41) is 3.59. The summed E-state index contributed by atoms with van der Waals surface area (Å²) in [6.07, 6.45) is 1.41. The maximum Gasteiger partial charge on any atom is 0.134 e. The zero-order chi connectivity index (χ0) is 11.7. The molecule has 1 heterocycles. The molecule has 6 heteroatoms. The molecule has 0 spiro atoms. The summed E-state index contributed by atoms with van der Waals surface area (Å²) in [5.74, 6) is -1.26. The average Bonchev–Trinajstić information content (AvgIpc) is 2.77. The van der Waals surface area contributed by atoms with Gasteiger partial charge in [-0.15, -0.1) is 5.10 Å². The first-order chi connectivity index (χ1) is 7.61. The van der Waals surface area contributed by atoms with Crippen molar-refractivity contribution in [3.63, 3.8) is 0 Å². The Labute approximate surface area is 95.1 Å². The van der Waals surface area contributed by atoms with E-state index < -0.39 is 17.7 Å². The second-order valence-electron chi connectivity index (χ2n) is 3.39. The van der Waals surface area contributed by atoms with Gasteiger partial charge in [0, 0.05) is 5.56 Å². The molecule has 2 N–H and O–H groups in total.